The molecular formula is C14H21Br2NO. The zero-order chi connectivity index (χ0) is 13.5. The fourth-order valence-corrected chi connectivity index (χ4v) is 2.53. The summed E-state index contributed by atoms with van der Waals surface area (Å²) in [6.45, 7) is 6.49. The minimum absolute atomic E-state index is 0.535. The van der Waals surface area contributed by atoms with E-state index in [0.29, 0.717) is 6.04 Å². The molecule has 0 aliphatic carbocycles. The molecule has 0 unspecified atom stereocenters. The summed E-state index contributed by atoms with van der Waals surface area (Å²) in [7, 11) is 1.73. The van der Waals surface area contributed by atoms with Crippen molar-refractivity contribution < 1.29 is 4.74 Å². The van der Waals surface area contributed by atoms with E-state index in [9.17, 15) is 0 Å². The standard InChI is InChI=1S/C14H21Br2NO/c1-11(2)17(8-4-7-15)10-12-9-13(16)5-6-14(12)18-3/h5-6,9,11H,4,7-8,10H2,1-3H3. The van der Waals surface area contributed by atoms with Gasteiger partial charge in [-0.3, -0.25) is 4.90 Å². The summed E-state index contributed by atoms with van der Waals surface area (Å²) >= 11 is 7.02. The third-order valence-corrected chi connectivity index (χ3v) is 3.98. The second kappa shape index (κ2) is 8.18. The molecule has 0 bridgehead atoms. The van der Waals surface area contributed by atoms with E-state index in [4.69, 9.17) is 4.74 Å². The molecule has 0 saturated carbocycles. The normalized spacial score (nSPS) is 11.3. The molecule has 1 aromatic rings. The van der Waals surface area contributed by atoms with Gasteiger partial charge in [0.15, 0.2) is 0 Å². The van der Waals surface area contributed by atoms with Crippen molar-refractivity contribution in [3.8, 4) is 5.75 Å². The average Bonchev–Trinajstić information content (AvgIpc) is 2.34. The van der Waals surface area contributed by atoms with Crippen LogP contribution in [0.15, 0.2) is 22.7 Å². The lowest BCUT2D eigenvalue weighted by molar-refractivity contribution is 0.211. The number of rotatable bonds is 7. The first-order valence-electron chi connectivity index (χ1n) is 6.21. The van der Waals surface area contributed by atoms with E-state index in [1.54, 1.807) is 7.11 Å². The van der Waals surface area contributed by atoms with Gasteiger partial charge in [0.2, 0.25) is 0 Å². The maximum absolute atomic E-state index is 5.43. The molecule has 0 fully saturated rings. The Hall–Kier alpha value is -0.0600. The van der Waals surface area contributed by atoms with Gasteiger partial charge in [0.25, 0.3) is 0 Å². The maximum Gasteiger partial charge on any atom is 0.123 e. The van der Waals surface area contributed by atoms with Crippen LogP contribution in [0.25, 0.3) is 0 Å². The van der Waals surface area contributed by atoms with Crippen LogP contribution in [0.3, 0.4) is 0 Å². The van der Waals surface area contributed by atoms with Crippen molar-refractivity contribution in [2.24, 2.45) is 0 Å². The highest BCUT2D eigenvalue weighted by molar-refractivity contribution is 9.10. The van der Waals surface area contributed by atoms with Crippen LogP contribution < -0.4 is 4.74 Å². The van der Waals surface area contributed by atoms with Crippen molar-refractivity contribution in [2.75, 3.05) is 19.0 Å². The van der Waals surface area contributed by atoms with Crippen molar-refractivity contribution in [2.45, 2.75) is 32.9 Å². The Morgan fingerprint density at radius 3 is 2.61 bits per heavy atom. The predicted octanol–water partition coefficient (Wildman–Crippen LogP) is 4.45. The minimum atomic E-state index is 0.535. The first-order valence-corrected chi connectivity index (χ1v) is 8.12. The van der Waals surface area contributed by atoms with Gasteiger partial charge in [0.05, 0.1) is 7.11 Å². The molecule has 0 amide bonds. The number of benzene rings is 1. The molecule has 0 radical (unpaired) electrons. The molecule has 0 N–H and O–H groups in total. The SMILES string of the molecule is COc1ccc(Br)cc1CN(CCCBr)C(C)C. The van der Waals surface area contributed by atoms with Crippen LogP contribution in [0, 0.1) is 0 Å². The van der Waals surface area contributed by atoms with Crippen LogP contribution in [0.4, 0.5) is 0 Å². The lowest BCUT2D eigenvalue weighted by atomic mass is 10.1. The third kappa shape index (κ3) is 4.90. The summed E-state index contributed by atoms with van der Waals surface area (Å²) in [5, 5.41) is 1.05. The van der Waals surface area contributed by atoms with Crippen molar-refractivity contribution in [1.82, 2.24) is 4.90 Å². The third-order valence-electron chi connectivity index (χ3n) is 2.93. The first kappa shape index (κ1) is 16.0. The van der Waals surface area contributed by atoms with Gasteiger partial charge >= 0.3 is 0 Å². The summed E-state index contributed by atoms with van der Waals surface area (Å²) in [6, 6.07) is 6.71. The largest absolute Gasteiger partial charge is 0.496 e. The highest BCUT2D eigenvalue weighted by atomic mass is 79.9. The number of alkyl halides is 1. The topological polar surface area (TPSA) is 12.5 Å². The summed E-state index contributed by atoms with van der Waals surface area (Å²) in [4.78, 5) is 2.46. The minimum Gasteiger partial charge on any atom is -0.496 e. The Labute approximate surface area is 127 Å². The van der Waals surface area contributed by atoms with E-state index < -0.39 is 0 Å². The average molecular weight is 379 g/mol. The number of ether oxygens (including phenoxy) is 1. The van der Waals surface area contributed by atoms with Gasteiger partial charge < -0.3 is 4.74 Å². The Morgan fingerprint density at radius 2 is 2.06 bits per heavy atom. The predicted molar refractivity (Wildman–Crippen MR) is 84.7 cm³/mol. The van der Waals surface area contributed by atoms with Crippen LogP contribution in [0.5, 0.6) is 5.75 Å². The Kier molecular flexibility index (Phi) is 7.27. The van der Waals surface area contributed by atoms with Crippen molar-refractivity contribution in [3.63, 3.8) is 0 Å². The molecule has 4 heteroatoms. The van der Waals surface area contributed by atoms with E-state index >= 15 is 0 Å². The van der Waals surface area contributed by atoms with Crippen LogP contribution in [-0.2, 0) is 6.54 Å². The van der Waals surface area contributed by atoms with Gasteiger partial charge in [0.1, 0.15) is 5.75 Å². The molecule has 1 aromatic carbocycles. The molecular weight excluding hydrogens is 358 g/mol. The Morgan fingerprint density at radius 1 is 1.33 bits per heavy atom. The van der Waals surface area contributed by atoms with Gasteiger partial charge in [0, 0.05) is 28.0 Å². The molecule has 0 aliphatic rings. The summed E-state index contributed by atoms with van der Waals surface area (Å²) < 4.78 is 6.53. The highest BCUT2D eigenvalue weighted by Crippen LogP contribution is 2.25. The van der Waals surface area contributed by atoms with Crippen LogP contribution in [0.1, 0.15) is 25.8 Å². The molecule has 0 aromatic heterocycles. The van der Waals surface area contributed by atoms with Gasteiger partial charge in [-0.15, -0.1) is 0 Å². The second-order valence-electron chi connectivity index (χ2n) is 4.56. The Bertz CT molecular complexity index is 369. The monoisotopic (exact) mass is 377 g/mol. The van der Waals surface area contributed by atoms with E-state index in [1.807, 2.05) is 12.1 Å². The van der Waals surface area contributed by atoms with Crippen LogP contribution in [0.2, 0.25) is 0 Å². The summed E-state index contributed by atoms with van der Waals surface area (Å²) in [5.74, 6) is 0.961. The van der Waals surface area contributed by atoms with E-state index in [0.717, 1.165) is 35.1 Å². The number of halogens is 2. The number of nitrogens with zero attached hydrogens (tertiary/aromatic N) is 1. The molecule has 0 aliphatic heterocycles. The second-order valence-corrected chi connectivity index (χ2v) is 6.27. The summed E-state index contributed by atoms with van der Waals surface area (Å²) in [6.07, 6.45) is 1.16. The van der Waals surface area contributed by atoms with Crippen LogP contribution in [-0.4, -0.2) is 29.9 Å². The zero-order valence-corrected chi connectivity index (χ0v) is 14.4. The highest BCUT2D eigenvalue weighted by Gasteiger charge is 2.13. The van der Waals surface area contributed by atoms with Crippen molar-refractivity contribution in [3.05, 3.63) is 28.2 Å². The molecule has 102 valence electrons. The van der Waals surface area contributed by atoms with Gasteiger partial charge in [-0.1, -0.05) is 31.9 Å². The van der Waals surface area contributed by atoms with Gasteiger partial charge in [-0.05, 0) is 45.0 Å². The molecule has 0 atom stereocenters. The van der Waals surface area contributed by atoms with E-state index in [2.05, 4.69) is 56.7 Å². The molecule has 0 saturated heterocycles. The molecule has 0 spiro atoms. The molecule has 18 heavy (non-hydrogen) atoms. The quantitative estimate of drug-likeness (QED) is 0.649. The first-order chi connectivity index (χ1) is 8.58. The van der Waals surface area contributed by atoms with Crippen molar-refractivity contribution >= 4 is 31.9 Å². The molecule has 2 nitrogen and oxygen atoms in total. The number of hydrogen-bond donors (Lipinski definition) is 0. The molecule has 0 heterocycles. The van der Waals surface area contributed by atoms with E-state index in [-0.39, 0.29) is 0 Å². The van der Waals surface area contributed by atoms with Crippen molar-refractivity contribution in [1.29, 1.82) is 0 Å². The number of hydrogen-bond acceptors (Lipinski definition) is 2. The lowest BCUT2D eigenvalue weighted by Crippen LogP contribution is -2.31. The van der Waals surface area contributed by atoms with Gasteiger partial charge in [-0.25, -0.2) is 0 Å². The fourth-order valence-electron chi connectivity index (χ4n) is 1.87. The Balaban J connectivity index is 2.81. The lowest BCUT2D eigenvalue weighted by Gasteiger charge is -2.27. The smallest absolute Gasteiger partial charge is 0.123 e. The molecule has 1 rings (SSSR count). The van der Waals surface area contributed by atoms with E-state index in [1.165, 1.54) is 5.56 Å². The fraction of sp³-hybridized carbons (Fsp3) is 0.571. The maximum atomic E-state index is 5.43. The summed E-state index contributed by atoms with van der Waals surface area (Å²) in [5.41, 5.74) is 1.23. The zero-order valence-electron chi connectivity index (χ0n) is 11.2. The van der Waals surface area contributed by atoms with Gasteiger partial charge in [-0.2, -0.15) is 0 Å². The van der Waals surface area contributed by atoms with Crippen LogP contribution >= 0.6 is 31.9 Å². The number of methoxy groups -OCH3 is 1.